The minimum atomic E-state index is -3.46. The minimum Gasteiger partial charge on any atom is -0.347 e. The first kappa shape index (κ1) is 19.2. The van der Waals surface area contributed by atoms with E-state index in [0.29, 0.717) is 18.0 Å². The number of fused-ring (bicyclic) bond motifs is 1. The normalized spacial score (nSPS) is 18.8. The van der Waals surface area contributed by atoms with Gasteiger partial charge in [0.25, 0.3) is 0 Å². The Morgan fingerprint density at radius 1 is 1.00 bits per heavy atom. The van der Waals surface area contributed by atoms with Crippen molar-refractivity contribution in [2.24, 2.45) is 7.05 Å². The fraction of sp³-hybridized carbons (Fsp3) is 0.391. The summed E-state index contributed by atoms with van der Waals surface area (Å²) in [5.74, 6) is 0.223. The molecule has 5 heteroatoms. The van der Waals surface area contributed by atoms with Gasteiger partial charge in [0.1, 0.15) is 0 Å². The average Bonchev–Trinajstić information content (AvgIpc) is 3.27. The van der Waals surface area contributed by atoms with Crippen LogP contribution in [0.4, 0.5) is 0 Å². The van der Waals surface area contributed by atoms with Crippen molar-refractivity contribution in [3.05, 3.63) is 65.9 Å². The molecule has 0 saturated carbocycles. The molecule has 3 aromatic rings. The molecule has 0 aliphatic carbocycles. The molecule has 1 fully saturated rings. The number of para-hydroxylation sites is 1. The summed E-state index contributed by atoms with van der Waals surface area (Å²) in [6.07, 6.45) is 0.851. The van der Waals surface area contributed by atoms with Gasteiger partial charge >= 0.3 is 0 Å². The average molecular weight is 397 g/mol. The third kappa shape index (κ3) is 3.27. The van der Waals surface area contributed by atoms with E-state index in [2.05, 4.69) is 50.6 Å². The van der Waals surface area contributed by atoms with E-state index in [9.17, 15) is 8.42 Å². The summed E-state index contributed by atoms with van der Waals surface area (Å²) in [6, 6.07) is 17.9. The molecule has 4 nitrogen and oxygen atoms in total. The van der Waals surface area contributed by atoms with Crippen LogP contribution in [0.25, 0.3) is 10.9 Å². The van der Waals surface area contributed by atoms with E-state index in [0.717, 1.165) is 12.0 Å². The van der Waals surface area contributed by atoms with Gasteiger partial charge in [-0.15, -0.1) is 0 Å². The molecule has 148 valence electrons. The van der Waals surface area contributed by atoms with Gasteiger partial charge in [0, 0.05) is 37.3 Å². The smallest absolute Gasteiger partial charge is 0.243 e. The van der Waals surface area contributed by atoms with E-state index in [-0.39, 0.29) is 11.3 Å². The van der Waals surface area contributed by atoms with Crippen LogP contribution in [-0.4, -0.2) is 30.4 Å². The Balaban J connectivity index is 1.58. The predicted octanol–water partition coefficient (Wildman–Crippen LogP) is 4.65. The van der Waals surface area contributed by atoms with E-state index in [4.69, 9.17) is 0 Å². The predicted molar refractivity (Wildman–Crippen MR) is 114 cm³/mol. The van der Waals surface area contributed by atoms with Crippen molar-refractivity contribution in [3.8, 4) is 0 Å². The van der Waals surface area contributed by atoms with E-state index in [1.54, 1.807) is 16.4 Å². The fourth-order valence-corrected chi connectivity index (χ4v) is 5.67. The lowest BCUT2D eigenvalue weighted by atomic mass is 9.87. The van der Waals surface area contributed by atoms with Gasteiger partial charge in [0.15, 0.2) is 0 Å². The van der Waals surface area contributed by atoms with Crippen LogP contribution in [0.2, 0.25) is 0 Å². The zero-order chi connectivity index (χ0) is 20.1. The highest BCUT2D eigenvalue weighted by Gasteiger charge is 2.34. The fourth-order valence-electron chi connectivity index (χ4n) is 4.17. The van der Waals surface area contributed by atoms with E-state index in [1.165, 1.54) is 16.6 Å². The minimum absolute atomic E-state index is 0.00949. The number of sulfonamides is 1. The Morgan fingerprint density at radius 3 is 2.32 bits per heavy atom. The first-order valence-electron chi connectivity index (χ1n) is 9.83. The number of nitrogens with zero attached hydrogens (tertiary/aromatic N) is 2. The molecule has 1 unspecified atom stereocenters. The van der Waals surface area contributed by atoms with Crippen LogP contribution in [-0.2, 0) is 22.5 Å². The van der Waals surface area contributed by atoms with E-state index in [1.807, 2.05) is 24.3 Å². The zero-order valence-corrected chi connectivity index (χ0v) is 17.8. The summed E-state index contributed by atoms with van der Waals surface area (Å²) in [5.41, 5.74) is 3.55. The van der Waals surface area contributed by atoms with Crippen molar-refractivity contribution in [3.63, 3.8) is 0 Å². The maximum atomic E-state index is 13.1. The summed E-state index contributed by atoms with van der Waals surface area (Å²) in [7, 11) is -1.39. The van der Waals surface area contributed by atoms with E-state index >= 15 is 0 Å². The second kappa shape index (κ2) is 6.75. The van der Waals surface area contributed by atoms with Gasteiger partial charge in [-0.2, -0.15) is 4.31 Å². The third-order valence-corrected chi connectivity index (χ3v) is 7.80. The Hall–Kier alpha value is -2.11. The van der Waals surface area contributed by atoms with Crippen molar-refractivity contribution in [2.45, 2.75) is 43.4 Å². The van der Waals surface area contributed by atoms with Crippen LogP contribution in [0.15, 0.2) is 59.5 Å². The highest BCUT2D eigenvalue weighted by Crippen LogP contribution is 2.34. The van der Waals surface area contributed by atoms with Crippen LogP contribution >= 0.6 is 0 Å². The van der Waals surface area contributed by atoms with Crippen molar-refractivity contribution >= 4 is 20.9 Å². The third-order valence-electron chi connectivity index (χ3n) is 5.92. The van der Waals surface area contributed by atoms with Gasteiger partial charge < -0.3 is 4.57 Å². The number of hydrogen-bond donors (Lipinski definition) is 0. The van der Waals surface area contributed by atoms with Crippen LogP contribution < -0.4 is 0 Å². The monoisotopic (exact) mass is 396 g/mol. The number of aryl methyl sites for hydroxylation is 1. The Kier molecular flexibility index (Phi) is 4.63. The van der Waals surface area contributed by atoms with Gasteiger partial charge in [-0.25, -0.2) is 8.42 Å². The van der Waals surface area contributed by atoms with Crippen molar-refractivity contribution in [1.29, 1.82) is 0 Å². The molecular formula is C23H28N2O2S. The number of benzene rings is 2. The SMILES string of the molecule is Cn1c(C2CCN(S(=O)(=O)c3ccc(C(C)(C)C)cc3)C2)cc2ccccc21. The quantitative estimate of drug-likeness (QED) is 0.646. The highest BCUT2D eigenvalue weighted by atomic mass is 32.2. The van der Waals surface area contributed by atoms with Gasteiger partial charge in [-0.3, -0.25) is 0 Å². The molecule has 0 spiro atoms. The van der Waals surface area contributed by atoms with Crippen molar-refractivity contribution in [1.82, 2.24) is 8.87 Å². The molecule has 1 saturated heterocycles. The highest BCUT2D eigenvalue weighted by molar-refractivity contribution is 7.89. The lowest BCUT2D eigenvalue weighted by molar-refractivity contribution is 0.471. The van der Waals surface area contributed by atoms with Gasteiger partial charge in [-0.05, 0) is 47.1 Å². The molecular weight excluding hydrogens is 368 g/mol. The molecule has 2 aromatic carbocycles. The second-order valence-electron chi connectivity index (χ2n) is 8.81. The first-order valence-corrected chi connectivity index (χ1v) is 11.3. The maximum absolute atomic E-state index is 13.1. The molecule has 1 aliphatic rings. The largest absolute Gasteiger partial charge is 0.347 e. The Labute approximate surface area is 167 Å². The Morgan fingerprint density at radius 2 is 1.68 bits per heavy atom. The first-order chi connectivity index (χ1) is 13.2. The Bertz CT molecular complexity index is 1110. The number of rotatable bonds is 3. The van der Waals surface area contributed by atoms with Crippen LogP contribution in [0.5, 0.6) is 0 Å². The molecule has 0 N–H and O–H groups in total. The molecule has 0 amide bonds. The van der Waals surface area contributed by atoms with E-state index < -0.39 is 10.0 Å². The van der Waals surface area contributed by atoms with Gasteiger partial charge in [0.2, 0.25) is 10.0 Å². The van der Waals surface area contributed by atoms with Gasteiger partial charge in [0.05, 0.1) is 4.90 Å². The summed E-state index contributed by atoms with van der Waals surface area (Å²) in [4.78, 5) is 0.387. The van der Waals surface area contributed by atoms with Crippen LogP contribution in [0.3, 0.4) is 0 Å². The lowest BCUT2D eigenvalue weighted by Crippen LogP contribution is -2.29. The molecule has 2 heterocycles. The molecule has 4 rings (SSSR count). The summed E-state index contributed by atoms with van der Waals surface area (Å²) >= 11 is 0. The summed E-state index contributed by atoms with van der Waals surface area (Å²) in [6.45, 7) is 7.49. The molecule has 1 aromatic heterocycles. The number of aromatic nitrogens is 1. The van der Waals surface area contributed by atoms with Crippen molar-refractivity contribution < 1.29 is 8.42 Å². The molecule has 1 atom stereocenters. The standard InChI is InChI=1S/C23H28N2O2S/c1-23(2,3)19-9-11-20(12-10-19)28(26,27)25-14-13-18(16-25)22-15-17-7-5-6-8-21(17)24(22)4/h5-12,15,18H,13-14,16H2,1-4H3. The molecule has 1 aliphatic heterocycles. The maximum Gasteiger partial charge on any atom is 0.243 e. The van der Waals surface area contributed by atoms with Crippen LogP contribution in [0, 0.1) is 0 Å². The zero-order valence-electron chi connectivity index (χ0n) is 17.0. The van der Waals surface area contributed by atoms with Crippen molar-refractivity contribution in [2.75, 3.05) is 13.1 Å². The topological polar surface area (TPSA) is 42.3 Å². The molecule has 28 heavy (non-hydrogen) atoms. The number of hydrogen-bond acceptors (Lipinski definition) is 2. The summed E-state index contributed by atoms with van der Waals surface area (Å²) < 4.78 is 30.1. The second-order valence-corrected chi connectivity index (χ2v) is 10.7. The lowest BCUT2D eigenvalue weighted by Gasteiger charge is -2.21. The van der Waals surface area contributed by atoms with Gasteiger partial charge in [-0.1, -0.05) is 51.1 Å². The summed E-state index contributed by atoms with van der Waals surface area (Å²) in [5, 5.41) is 1.21. The molecule has 0 radical (unpaired) electrons. The molecule has 0 bridgehead atoms. The van der Waals surface area contributed by atoms with Crippen LogP contribution in [0.1, 0.15) is 44.4 Å².